The van der Waals surface area contributed by atoms with E-state index in [1.807, 2.05) is 12.1 Å². The van der Waals surface area contributed by atoms with Gasteiger partial charge in [0.05, 0.1) is 12.8 Å². The summed E-state index contributed by atoms with van der Waals surface area (Å²) in [4.78, 5) is 35.6. The highest BCUT2D eigenvalue weighted by molar-refractivity contribution is 6.03. The zero-order valence-electron chi connectivity index (χ0n) is 13.7. The number of fused-ring (bicyclic) bond motifs is 2. The quantitative estimate of drug-likeness (QED) is 0.560. The van der Waals surface area contributed by atoms with Crippen molar-refractivity contribution in [3.8, 4) is 0 Å². The van der Waals surface area contributed by atoms with Crippen molar-refractivity contribution in [3.05, 3.63) is 59.3 Å². The fraction of sp³-hybridized carbons (Fsp3) is 0.158. The molecular formula is C19H14N2O5. The Balaban J connectivity index is 1.38. The minimum Gasteiger partial charge on any atom is -0.457 e. The molecule has 2 heterocycles. The minimum atomic E-state index is -0.560. The van der Waals surface area contributed by atoms with E-state index in [4.69, 9.17) is 9.26 Å². The molecular weight excluding hydrogens is 336 g/mol. The van der Waals surface area contributed by atoms with Crippen molar-refractivity contribution in [1.82, 2.24) is 5.16 Å². The van der Waals surface area contributed by atoms with Crippen molar-refractivity contribution in [1.29, 1.82) is 0 Å². The van der Waals surface area contributed by atoms with E-state index in [9.17, 15) is 14.4 Å². The second-order valence-corrected chi connectivity index (χ2v) is 5.98. The Hall–Kier alpha value is -3.48. The summed E-state index contributed by atoms with van der Waals surface area (Å²) >= 11 is 0. The Kier molecular flexibility index (Phi) is 3.96. The topological polar surface area (TPSA) is 98.5 Å². The molecule has 26 heavy (non-hydrogen) atoms. The van der Waals surface area contributed by atoms with Crippen molar-refractivity contribution in [3.63, 3.8) is 0 Å². The van der Waals surface area contributed by atoms with Gasteiger partial charge in [-0.3, -0.25) is 14.4 Å². The lowest BCUT2D eigenvalue weighted by Crippen LogP contribution is -2.16. The third-order valence-electron chi connectivity index (χ3n) is 4.18. The van der Waals surface area contributed by atoms with Crippen molar-refractivity contribution in [2.75, 3.05) is 11.9 Å². The molecule has 0 bridgehead atoms. The first-order valence-corrected chi connectivity index (χ1v) is 8.05. The first-order valence-electron chi connectivity index (χ1n) is 8.05. The molecule has 7 heteroatoms. The number of carbonyl (C=O) groups excluding carboxylic acids is 3. The summed E-state index contributed by atoms with van der Waals surface area (Å²) in [5.74, 6) is -0.989. The molecule has 3 aromatic rings. The standard InChI is InChI=1S/C19H14N2O5/c22-16(11-5-6-14-12(7-11)8-18(23)20-14)10-25-19(24)9-15-13-3-1-2-4-17(13)26-21-15/h1-7H,8-10H2,(H,20,23). The Bertz CT molecular complexity index is 1040. The predicted molar refractivity (Wildman–Crippen MR) is 91.8 cm³/mol. The summed E-state index contributed by atoms with van der Waals surface area (Å²) in [5, 5.41) is 7.31. The number of carbonyl (C=O) groups is 3. The van der Waals surface area contributed by atoms with Crippen LogP contribution < -0.4 is 5.32 Å². The van der Waals surface area contributed by atoms with Crippen LogP contribution in [0.1, 0.15) is 21.6 Å². The van der Waals surface area contributed by atoms with Gasteiger partial charge in [0.1, 0.15) is 5.69 Å². The molecule has 1 aliphatic rings. The van der Waals surface area contributed by atoms with Gasteiger partial charge in [0.2, 0.25) is 5.91 Å². The normalized spacial score (nSPS) is 12.7. The second kappa shape index (κ2) is 6.44. The number of amides is 1. The number of Topliss-reactive ketones (excluding diaryl/α,β-unsaturated/α-hetero) is 1. The molecule has 130 valence electrons. The number of para-hydroxylation sites is 1. The lowest BCUT2D eigenvalue weighted by atomic mass is 10.1. The molecule has 0 saturated heterocycles. The second-order valence-electron chi connectivity index (χ2n) is 5.98. The number of rotatable bonds is 5. The Labute approximate surface area is 147 Å². The number of anilines is 1. The molecule has 2 aromatic carbocycles. The Morgan fingerprint density at radius 1 is 1.19 bits per heavy atom. The summed E-state index contributed by atoms with van der Waals surface area (Å²) in [5.41, 5.74) is 2.94. The van der Waals surface area contributed by atoms with Crippen LogP contribution in [0.4, 0.5) is 5.69 Å². The number of esters is 1. The molecule has 7 nitrogen and oxygen atoms in total. The molecule has 1 aliphatic heterocycles. The van der Waals surface area contributed by atoms with Crippen LogP contribution in [0, 0.1) is 0 Å². The van der Waals surface area contributed by atoms with Crippen LogP contribution in [0.25, 0.3) is 11.0 Å². The van der Waals surface area contributed by atoms with Crippen LogP contribution in [-0.2, 0) is 27.2 Å². The predicted octanol–water partition coefficient (Wildman–Crippen LogP) is 2.29. The van der Waals surface area contributed by atoms with Crippen molar-refractivity contribution < 1.29 is 23.6 Å². The summed E-state index contributed by atoms with van der Waals surface area (Å²) in [7, 11) is 0. The van der Waals surface area contributed by atoms with E-state index in [0.29, 0.717) is 22.5 Å². The summed E-state index contributed by atoms with van der Waals surface area (Å²) in [6, 6.07) is 12.1. The molecule has 0 spiro atoms. The highest BCUT2D eigenvalue weighted by Crippen LogP contribution is 2.24. The molecule has 0 saturated carbocycles. The van der Waals surface area contributed by atoms with Gasteiger partial charge in [-0.2, -0.15) is 0 Å². The van der Waals surface area contributed by atoms with Crippen molar-refractivity contribution in [2.45, 2.75) is 12.8 Å². The number of ether oxygens (including phenoxy) is 1. The van der Waals surface area contributed by atoms with Gasteiger partial charge in [0.25, 0.3) is 0 Å². The van der Waals surface area contributed by atoms with E-state index < -0.39 is 5.97 Å². The average Bonchev–Trinajstić information content (AvgIpc) is 3.21. The van der Waals surface area contributed by atoms with Gasteiger partial charge in [0.15, 0.2) is 18.0 Å². The number of nitrogens with zero attached hydrogens (tertiary/aromatic N) is 1. The van der Waals surface area contributed by atoms with Crippen LogP contribution in [-0.4, -0.2) is 29.4 Å². The zero-order chi connectivity index (χ0) is 18.1. The summed E-state index contributed by atoms with van der Waals surface area (Å²) < 4.78 is 10.2. The third-order valence-corrected chi connectivity index (χ3v) is 4.18. The van der Waals surface area contributed by atoms with E-state index >= 15 is 0 Å². The number of hydrogen-bond donors (Lipinski definition) is 1. The van der Waals surface area contributed by atoms with Gasteiger partial charge in [-0.15, -0.1) is 0 Å². The molecule has 1 N–H and O–H groups in total. The molecule has 0 fully saturated rings. The lowest BCUT2D eigenvalue weighted by Gasteiger charge is -2.05. The molecule has 0 aliphatic carbocycles. The molecule has 0 atom stereocenters. The highest BCUT2D eigenvalue weighted by Gasteiger charge is 2.20. The van der Waals surface area contributed by atoms with E-state index in [1.165, 1.54) is 0 Å². The Morgan fingerprint density at radius 2 is 2.04 bits per heavy atom. The summed E-state index contributed by atoms with van der Waals surface area (Å²) in [6.45, 7) is -0.366. The highest BCUT2D eigenvalue weighted by atomic mass is 16.5. The smallest absolute Gasteiger partial charge is 0.312 e. The first-order chi connectivity index (χ1) is 12.6. The van der Waals surface area contributed by atoms with Crippen molar-refractivity contribution in [2.24, 2.45) is 0 Å². The largest absolute Gasteiger partial charge is 0.457 e. The average molecular weight is 350 g/mol. The molecule has 0 unspecified atom stereocenters. The maximum atomic E-state index is 12.2. The fourth-order valence-corrected chi connectivity index (χ4v) is 2.89. The van der Waals surface area contributed by atoms with E-state index in [1.54, 1.807) is 30.3 Å². The van der Waals surface area contributed by atoms with Crippen LogP contribution in [0.5, 0.6) is 0 Å². The fourth-order valence-electron chi connectivity index (χ4n) is 2.89. The van der Waals surface area contributed by atoms with Crippen LogP contribution in [0.2, 0.25) is 0 Å². The maximum Gasteiger partial charge on any atom is 0.312 e. The molecule has 4 rings (SSSR count). The maximum absolute atomic E-state index is 12.2. The number of hydrogen-bond acceptors (Lipinski definition) is 6. The van der Waals surface area contributed by atoms with E-state index in [2.05, 4.69) is 10.5 Å². The molecule has 1 aromatic heterocycles. The number of nitrogens with one attached hydrogen (secondary N) is 1. The van der Waals surface area contributed by atoms with Gasteiger partial charge < -0.3 is 14.6 Å². The monoisotopic (exact) mass is 350 g/mol. The van der Waals surface area contributed by atoms with Gasteiger partial charge >= 0.3 is 5.97 Å². The van der Waals surface area contributed by atoms with E-state index in [-0.39, 0.29) is 31.1 Å². The Morgan fingerprint density at radius 3 is 2.92 bits per heavy atom. The number of ketones is 1. The van der Waals surface area contributed by atoms with Gasteiger partial charge in [-0.1, -0.05) is 17.3 Å². The van der Waals surface area contributed by atoms with Crippen molar-refractivity contribution >= 4 is 34.3 Å². The first kappa shape index (κ1) is 16.0. The number of aromatic nitrogens is 1. The molecule has 1 amide bonds. The zero-order valence-corrected chi connectivity index (χ0v) is 13.7. The van der Waals surface area contributed by atoms with E-state index in [0.717, 1.165) is 10.9 Å². The molecule has 0 radical (unpaired) electrons. The van der Waals surface area contributed by atoms with Crippen LogP contribution >= 0.6 is 0 Å². The van der Waals surface area contributed by atoms with Gasteiger partial charge in [0, 0.05) is 16.6 Å². The van der Waals surface area contributed by atoms with Gasteiger partial charge in [-0.25, -0.2) is 0 Å². The van der Waals surface area contributed by atoms with Crippen LogP contribution in [0.3, 0.4) is 0 Å². The van der Waals surface area contributed by atoms with Crippen LogP contribution in [0.15, 0.2) is 47.0 Å². The van der Waals surface area contributed by atoms with Gasteiger partial charge in [-0.05, 0) is 35.9 Å². The lowest BCUT2D eigenvalue weighted by molar-refractivity contribution is -0.141. The minimum absolute atomic E-state index is 0.0765. The third kappa shape index (κ3) is 3.06. The number of benzene rings is 2. The SMILES string of the molecule is O=C1Cc2cc(C(=O)COC(=O)Cc3noc4ccccc34)ccc2N1. The summed E-state index contributed by atoms with van der Waals surface area (Å²) in [6.07, 6.45) is 0.169.